The van der Waals surface area contributed by atoms with Gasteiger partial charge in [-0.25, -0.2) is 4.79 Å². The Morgan fingerprint density at radius 1 is 1.18 bits per heavy atom. The summed E-state index contributed by atoms with van der Waals surface area (Å²) in [6.45, 7) is 7.08. The number of methoxy groups -OCH3 is 1. The monoisotopic (exact) mass is 308 g/mol. The minimum Gasteiger partial charge on any atom is -0.482 e. The van der Waals surface area contributed by atoms with Gasteiger partial charge in [0.25, 0.3) is 0 Å². The van der Waals surface area contributed by atoms with Crippen molar-refractivity contribution in [1.82, 2.24) is 0 Å². The molecule has 0 fully saturated rings. The second-order valence-corrected chi connectivity index (χ2v) is 5.90. The molecular weight excluding hydrogens is 284 g/mol. The molecule has 0 bridgehead atoms. The molecule has 0 heterocycles. The van der Waals surface area contributed by atoms with Crippen LogP contribution in [0.5, 0.6) is 5.75 Å². The molecule has 0 spiro atoms. The fourth-order valence-electron chi connectivity index (χ4n) is 2.06. The fourth-order valence-corrected chi connectivity index (χ4v) is 2.06. The Bertz CT molecular complexity index is 516. The molecule has 5 nitrogen and oxygen atoms in total. The minimum absolute atomic E-state index is 0.202. The smallest absolute Gasteiger partial charge is 0.344 e. The summed E-state index contributed by atoms with van der Waals surface area (Å²) in [5, 5.41) is 0. The Morgan fingerprint density at radius 2 is 1.82 bits per heavy atom. The maximum absolute atomic E-state index is 11.9. The molecule has 1 aromatic carbocycles. The quantitative estimate of drug-likeness (QED) is 0.756. The van der Waals surface area contributed by atoms with Crippen molar-refractivity contribution in [1.29, 1.82) is 0 Å². The standard InChI is InChI=1S/C17H24O5/c1-6-12(16(19)20-5)13-9-7-8-10-14(13)21-11-15(18)22-17(2,3)4/h7-10,12H,6,11H2,1-5H3. The van der Waals surface area contributed by atoms with Crippen LogP contribution in [-0.2, 0) is 19.1 Å². The van der Waals surface area contributed by atoms with Crippen molar-refractivity contribution in [3.05, 3.63) is 29.8 Å². The highest BCUT2D eigenvalue weighted by atomic mass is 16.6. The highest BCUT2D eigenvalue weighted by Gasteiger charge is 2.23. The number of para-hydroxylation sites is 1. The van der Waals surface area contributed by atoms with Gasteiger partial charge in [-0.1, -0.05) is 25.1 Å². The van der Waals surface area contributed by atoms with Gasteiger partial charge in [0.2, 0.25) is 0 Å². The van der Waals surface area contributed by atoms with Gasteiger partial charge in [-0.3, -0.25) is 4.79 Å². The van der Waals surface area contributed by atoms with E-state index in [4.69, 9.17) is 14.2 Å². The second-order valence-electron chi connectivity index (χ2n) is 5.90. The van der Waals surface area contributed by atoms with Crippen LogP contribution >= 0.6 is 0 Å². The van der Waals surface area contributed by atoms with Gasteiger partial charge in [-0.15, -0.1) is 0 Å². The third-order valence-electron chi connectivity index (χ3n) is 2.95. The Morgan fingerprint density at radius 3 is 2.36 bits per heavy atom. The van der Waals surface area contributed by atoms with Crippen LogP contribution in [0.15, 0.2) is 24.3 Å². The molecule has 0 saturated heterocycles. The SMILES string of the molecule is CCC(C(=O)OC)c1ccccc1OCC(=O)OC(C)(C)C. The molecule has 0 saturated carbocycles. The van der Waals surface area contributed by atoms with E-state index in [9.17, 15) is 9.59 Å². The van der Waals surface area contributed by atoms with Crippen molar-refractivity contribution < 1.29 is 23.8 Å². The van der Waals surface area contributed by atoms with Crippen LogP contribution in [-0.4, -0.2) is 31.3 Å². The number of hydrogen-bond donors (Lipinski definition) is 0. The lowest BCUT2D eigenvalue weighted by Gasteiger charge is -2.20. The number of carbonyl (C=O) groups is 2. The zero-order chi connectivity index (χ0) is 16.8. The van der Waals surface area contributed by atoms with Crippen LogP contribution in [0.4, 0.5) is 0 Å². The fraction of sp³-hybridized carbons (Fsp3) is 0.529. The topological polar surface area (TPSA) is 61.8 Å². The van der Waals surface area contributed by atoms with Gasteiger partial charge in [-0.05, 0) is 33.3 Å². The van der Waals surface area contributed by atoms with E-state index in [-0.39, 0.29) is 12.6 Å². The summed E-state index contributed by atoms with van der Waals surface area (Å²) in [6.07, 6.45) is 0.583. The Kier molecular flexibility index (Phi) is 6.40. The van der Waals surface area contributed by atoms with E-state index in [2.05, 4.69) is 0 Å². The molecule has 1 unspecified atom stereocenters. The molecule has 1 atom stereocenters. The van der Waals surface area contributed by atoms with Crippen LogP contribution in [0, 0.1) is 0 Å². The molecule has 0 N–H and O–H groups in total. The maximum atomic E-state index is 11.9. The minimum atomic E-state index is -0.558. The van der Waals surface area contributed by atoms with Crippen molar-refractivity contribution >= 4 is 11.9 Å². The Balaban J connectivity index is 2.84. The molecular formula is C17H24O5. The first kappa shape index (κ1) is 18.0. The van der Waals surface area contributed by atoms with Crippen molar-refractivity contribution in [3.8, 4) is 5.75 Å². The first-order valence-corrected chi connectivity index (χ1v) is 7.30. The predicted octanol–water partition coefficient (Wildman–Crippen LogP) is 3.07. The highest BCUT2D eigenvalue weighted by Crippen LogP contribution is 2.30. The Labute approximate surface area is 131 Å². The summed E-state index contributed by atoms with van der Waals surface area (Å²) < 4.78 is 15.6. The molecule has 1 aromatic rings. The number of benzene rings is 1. The molecule has 22 heavy (non-hydrogen) atoms. The first-order valence-electron chi connectivity index (χ1n) is 7.30. The molecule has 122 valence electrons. The van der Waals surface area contributed by atoms with Crippen molar-refractivity contribution in [2.45, 2.75) is 45.6 Å². The third-order valence-corrected chi connectivity index (χ3v) is 2.95. The van der Waals surface area contributed by atoms with E-state index in [0.29, 0.717) is 17.7 Å². The number of ether oxygens (including phenoxy) is 3. The number of rotatable bonds is 6. The van der Waals surface area contributed by atoms with Crippen molar-refractivity contribution in [2.75, 3.05) is 13.7 Å². The van der Waals surface area contributed by atoms with Crippen molar-refractivity contribution in [2.24, 2.45) is 0 Å². The third kappa shape index (κ3) is 5.39. The summed E-state index contributed by atoms with van der Waals surface area (Å²) in [5.41, 5.74) is 0.151. The summed E-state index contributed by atoms with van der Waals surface area (Å²) >= 11 is 0. The lowest BCUT2D eigenvalue weighted by Crippen LogP contribution is -2.27. The van der Waals surface area contributed by atoms with Crippen LogP contribution in [0.25, 0.3) is 0 Å². The lowest BCUT2D eigenvalue weighted by atomic mass is 9.96. The Hall–Kier alpha value is -2.04. The normalized spacial score (nSPS) is 12.4. The molecule has 5 heteroatoms. The molecule has 0 aromatic heterocycles. The number of hydrogen-bond acceptors (Lipinski definition) is 5. The lowest BCUT2D eigenvalue weighted by molar-refractivity contribution is -0.157. The predicted molar refractivity (Wildman–Crippen MR) is 82.8 cm³/mol. The second kappa shape index (κ2) is 7.82. The summed E-state index contributed by atoms with van der Waals surface area (Å²) in [6, 6.07) is 7.14. The van der Waals surface area contributed by atoms with E-state index in [1.54, 1.807) is 39.0 Å². The van der Waals surface area contributed by atoms with E-state index in [0.717, 1.165) is 0 Å². The molecule has 0 aliphatic rings. The molecule has 0 aliphatic heterocycles. The van der Waals surface area contributed by atoms with Gasteiger partial charge in [0, 0.05) is 5.56 Å². The van der Waals surface area contributed by atoms with Gasteiger partial charge in [0.05, 0.1) is 13.0 Å². The van der Waals surface area contributed by atoms with Crippen LogP contribution in [0.2, 0.25) is 0 Å². The van der Waals surface area contributed by atoms with E-state index < -0.39 is 17.5 Å². The van der Waals surface area contributed by atoms with Gasteiger partial charge in [-0.2, -0.15) is 0 Å². The van der Waals surface area contributed by atoms with E-state index >= 15 is 0 Å². The van der Waals surface area contributed by atoms with Crippen LogP contribution < -0.4 is 4.74 Å². The maximum Gasteiger partial charge on any atom is 0.344 e. The zero-order valence-corrected chi connectivity index (χ0v) is 13.8. The van der Waals surface area contributed by atoms with E-state index in [1.807, 2.05) is 13.0 Å². The van der Waals surface area contributed by atoms with Gasteiger partial charge in [0.15, 0.2) is 6.61 Å². The largest absolute Gasteiger partial charge is 0.482 e. The molecule has 0 aliphatic carbocycles. The van der Waals surface area contributed by atoms with E-state index in [1.165, 1.54) is 7.11 Å². The van der Waals surface area contributed by atoms with Gasteiger partial charge >= 0.3 is 11.9 Å². The summed E-state index contributed by atoms with van der Waals surface area (Å²) in [5.74, 6) is -0.699. The zero-order valence-electron chi connectivity index (χ0n) is 13.8. The average molecular weight is 308 g/mol. The number of carbonyl (C=O) groups excluding carboxylic acids is 2. The molecule has 1 rings (SSSR count). The highest BCUT2D eigenvalue weighted by molar-refractivity contribution is 5.79. The number of esters is 2. The van der Waals surface area contributed by atoms with Gasteiger partial charge in [0.1, 0.15) is 11.4 Å². The average Bonchev–Trinajstić information content (AvgIpc) is 2.45. The molecule has 0 amide bonds. The summed E-state index contributed by atoms with van der Waals surface area (Å²) in [4.78, 5) is 23.6. The van der Waals surface area contributed by atoms with Crippen LogP contribution in [0.3, 0.4) is 0 Å². The molecule has 0 radical (unpaired) electrons. The van der Waals surface area contributed by atoms with Crippen molar-refractivity contribution in [3.63, 3.8) is 0 Å². The van der Waals surface area contributed by atoms with Crippen LogP contribution in [0.1, 0.15) is 45.6 Å². The first-order chi connectivity index (χ1) is 10.3. The van der Waals surface area contributed by atoms with Gasteiger partial charge < -0.3 is 14.2 Å². The summed E-state index contributed by atoms with van der Waals surface area (Å²) in [7, 11) is 1.36.